The van der Waals surface area contributed by atoms with Crippen LogP contribution >= 0.6 is 0 Å². The quantitative estimate of drug-likeness (QED) is 0.272. The number of carbonyl (C=O) groups excluding carboxylic acids is 1. The Morgan fingerprint density at radius 2 is 1.22 bits per heavy atom. The van der Waals surface area contributed by atoms with Gasteiger partial charge in [-0.1, -0.05) is 84.4 Å². The van der Waals surface area contributed by atoms with E-state index in [1.165, 1.54) is 15.4 Å². The highest BCUT2D eigenvalue weighted by atomic mass is 32.2. The van der Waals surface area contributed by atoms with Gasteiger partial charge in [-0.15, -0.1) is 0 Å². The first-order valence-corrected chi connectivity index (χ1v) is 15.5. The molecule has 6 nitrogen and oxygen atoms in total. The van der Waals surface area contributed by atoms with Crippen molar-refractivity contribution in [1.29, 1.82) is 0 Å². The molecule has 4 aromatic rings. The molecule has 0 radical (unpaired) electrons. The first-order valence-electron chi connectivity index (χ1n) is 14.0. The van der Waals surface area contributed by atoms with E-state index in [9.17, 15) is 13.2 Å². The van der Waals surface area contributed by atoms with E-state index in [0.29, 0.717) is 31.9 Å². The Morgan fingerprint density at radius 3 is 1.73 bits per heavy atom. The molecule has 1 heterocycles. The van der Waals surface area contributed by atoms with Crippen LogP contribution in [0.5, 0.6) is 0 Å². The van der Waals surface area contributed by atoms with Gasteiger partial charge in [0.2, 0.25) is 5.91 Å². The zero-order valence-electron chi connectivity index (χ0n) is 23.9. The molecule has 0 N–H and O–H groups in total. The zero-order valence-corrected chi connectivity index (χ0v) is 24.7. The number of aryl methyl sites for hydroxylation is 3. The molecule has 212 valence electrons. The highest BCUT2D eigenvalue weighted by Crippen LogP contribution is 2.30. The van der Waals surface area contributed by atoms with Crippen LogP contribution in [0.15, 0.2) is 108 Å². The lowest BCUT2D eigenvalue weighted by molar-refractivity contribution is -0.131. The number of hydrogen-bond donors (Lipinski definition) is 0. The molecule has 1 saturated heterocycles. The van der Waals surface area contributed by atoms with Crippen molar-refractivity contribution >= 4 is 21.6 Å². The average Bonchev–Trinajstić information content (AvgIpc) is 2.97. The van der Waals surface area contributed by atoms with E-state index >= 15 is 0 Å². The second kappa shape index (κ2) is 12.3. The monoisotopic (exact) mass is 567 g/mol. The van der Waals surface area contributed by atoms with E-state index in [4.69, 9.17) is 0 Å². The summed E-state index contributed by atoms with van der Waals surface area (Å²) in [6, 6.07) is 33.4. The summed E-state index contributed by atoms with van der Waals surface area (Å²) >= 11 is 0. The summed E-state index contributed by atoms with van der Waals surface area (Å²) in [5, 5.41) is 0. The summed E-state index contributed by atoms with van der Waals surface area (Å²) in [7, 11) is -3.96. The van der Waals surface area contributed by atoms with E-state index in [1.54, 1.807) is 29.2 Å². The minimum atomic E-state index is -3.96. The highest BCUT2D eigenvalue weighted by Gasteiger charge is 2.32. The molecule has 0 unspecified atom stereocenters. The van der Waals surface area contributed by atoms with Gasteiger partial charge in [-0.2, -0.15) is 0 Å². The minimum Gasteiger partial charge on any atom is -0.339 e. The van der Waals surface area contributed by atoms with Crippen molar-refractivity contribution < 1.29 is 13.2 Å². The summed E-state index contributed by atoms with van der Waals surface area (Å²) in [5.74, 6) is -0.199. The normalized spacial score (nSPS) is 14.3. The van der Waals surface area contributed by atoms with Crippen molar-refractivity contribution in [3.63, 3.8) is 0 Å². The van der Waals surface area contributed by atoms with Crippen LogP contribution in [-0.2, 0) is 14.8 Å². The lowest BCUT2D eigenvalue weighted by Crippen LogP contribution is -2.52. The number of rotatable bonds is 8. The molecule has 0 spiro atoms. The predicted octanol–water partition coefficient (Wildman–Crippen LogP) is 5.74. The highest BCUT2D eigenvalue weighted by molar-refractivity contribution is 7.92. The van der Waals surface area contributed by atoms with E-state index in [0.717, 1.165) is 16.7 Å². The molecule has 1 aliphatic heterocycles. The molecule has 0 aromatic heterocycles. The molecular formula is C34H37N3O3S. The standard InChI is InChI=1S/C34H37N3O3S/c1-26-14-16-32(17-15-26)41(39,40)37(31-23-27(2)22-28(3)24-31)25-33(38)35-18-20-36(21-19-35)34(29-10-6-4-7-11-29)30-12-8-5-9-13-30/h4-17,22-24,34H,18-21,25H2,1-3H3. The van der Waals surface area contributed by atoms with Crippen molar-refractivity contribution in [3.05, 3.63) is 131 Å². The Kier molecular flexibility index (Phi) is 8.57. The molecule has 4 aromatic carbocycles. The number of piperazine rings is 1. The fourth-order valence-electron chi connectivity index (χ4n) is 5.58. The molecular weight excluding hydrogens is 530 g/mol. The van der Waals surface area contributed by atoms with E-state index < -0.39 is 10.0 Å². The van der Waals surface area contributed by atoms with Gasteiger partial charge in [-0.05, 0) is 67.3 Å². The summed E-state index contributed by atoms with van der Waals surface area (Å²) in [4.78, 5) is 18.1. The lowest BCUT2D eigenvalue weighted by Gasteiger charge is -2.40. The number of anilines is 1. The molecule has 0 aliphatic carbocycles. The number of amides is 1. The van der Waals surface area contributed by atoms with Crippen LogP contribution in [-0.4, -0.2) is 56.8 Å². The number of nitrogens with zero attached hydrogens (tertiary/aromatic N) is 3. The van der Waals surface area contributed by atoms with Gasteiger partial charge in [-0.25, -0.2) is 8.42 Å². The van der Waals surface area contributed by atoms with Gasteiger partial charge in [0, 0.05) is 26.2 Å². The van der Waals surface area contributed by atoms with Gasteiger partial charge in [0.15, 0.2) is 0 Å². The van der Waals surface area contributed by atoms with Gasteiger partial charge in [0.05, 0.1) is 16.6 Å². The molecule has 1 amide bonds. The van der Waals surface area contributed by atoms with Crippen molar-refractivity contribution in [3.8, 4) is 0 Å². The maximum absolute atomic E-state index is 13.9. The largest absolute Gasteiger partial charge is 0.339 e. The average molecular weight is 568 g/mol. The number of sulfonamides is 1. The van der Waals surface area contributed by atoms with E-state index in [-0.39, 0.29) is 23.4 Å². The van der Waals surface area contributed by atoms with Crippen LogP contribution in [0.4, 0.5) is 5.69 Å². The van der Waals surface area contributed by atoms with Crippen LogP contribution < -0.4 is 4.31 Å². The first kappa shape index (κ1) is 28.6. The van der Waals surface area contributed by atoms with Gasteiger partial charge in [0.25, 0.3) is 10.0 Å². The van der Waals surface area contributed by atoms with Crippen LogP contribution in [0.25, 0.3) is 0 Å². The Labute approximate surface area is 243 Å². The number of benzene rings is 4. The van der Waals surface area contributed by atoms with Gasteiger partial charge in [-0.3, -0.25) is 14.0 Å². The predicted molar refractivity (Wildman–Crippen MR) is 165 cm³/mol. The van der Waals surface area contributed by atoms with Gasteiger partial charge >= 0.3 is 0 Å². The van der Waals surface area contributed by atoms with Crippen molar-refractivity contribution in [1.82, 2.24) is 9.80 Å². The lowest BCUT2D eigenvalue weighted by atomic mass is 9.96. The molecule has 5 rings (SSSR count). The second-order valence-corrected chi connectivity index (χ2v) is 12.7. The molecule has 1 aliphatic rings. The summed E-state index contributed by atoms with van der Waals surface area (Å²) in [6.45, 7) is 7.97. The van der Waals surface area contributed by atoms with Crippen molar-refractivity contribution in [2.45, 2.75) is 31.7 Å². The topological polar surface area (TPSA) is 60.9 Å². The molecule has 0 saturated carbocycles. The Bertz CT molecular complexity index is 1520. The molecule has 7 heteroatoms. The molecule has 1 fully saturated rings. The first-order chi connectivity index (χ1) is 19.7. The third-order valence-electron chi connectivity index (χ3n) is 7.65. The second-order valence-electron chi connectivity index (χ2n) is 10.8. The Balaban J connectivity index is 1.37. The maximum Gasteiger partial charge on any atom is 0.264 e. The summed E-state index contributed by atoms with van der Waals surface area (Å²) in [6.07, 6.45) is 0. The summed E-state index contributed by atoms with van der Waals surface area (Å²) < 4.78 is 29.0. The van der Waals surface area contributed by atoms with Crippen LogP contribution in [0.3, 0.4) is 0 Å². The van der Waals surface area contributed by atoms with Gasteiger partial charge < -0.3 is 4.90 Å². The number of carbonyl (C=O) groups is 1. The number of hydrogen-bond acceptors (Lipinski definition) is 4. The third kappa shape index (κ3) is 6.53. The molecule has 0 atom stereocenters. The van der Waals surface area contributed by atoms with Crippen LogP contribution in [0, 0.1) is 20.8 Å². The molecule has 41 heavy (non-hydrogen) atoms. The van der Waals surface area contributed by atoms with Crippen molar-refractivity contribution in [2.24, 2.45) is 0 Å². The minimum absolute atomic E-state index is 0.0864. The van der Waals surface area contributed by atoms with Crippen molar-refractivity contribution in [2.75, 3.05) is 37.0 Å². The SMILES string of the molecule is Cc1ccc(S(=O)(=O)N(CC(=O)N2CCN(C(c3ccccc3)c3ccccc3)CC2)c2cc(C)cc(C)c2)cc1. The van der Waals surface area contributed by atoms with E-state index in [2.05, 4.69) is 53.4 Å². The maximum atomic E-state index is 13.9. The fourth-order valence-corrected chi connectivity index (χ4v) is 6.98. The van der Waals surface area contributed by atoms with Gasteiger partial charge in [0.1, 0.15) is 6.54 Å². The van der Waals surface area contributed by atoms with E-state index in [1.807, 2.05) is 51.1 Å². The summed E-state index contributed by atoms with van der Waals surface area (Å²) in [5.41, 5.74) is 5.78. The Hall–Kier alpha value is -3.94. The fraction of sp³-hybridized carbons (Fsp3) is 0.265. The zero-order chi connectivity index (χ0) is 29.0. The smallest absolute Gasteiger partial charge is 0.264 e. The van der Waals surface area contributed by atoms with Crippen LogP contribution in [0.2, 0.25) is 0 Å². The third-order valence-corrected chi connectivity index (χ3v) is 9.43. The molecule has 0 bridgehead atoms. The van der Waals surface area contributed by atoms with Crippen LogP contribution in [0.1, 0.15) is 33.9 Å². The Morgan fingerprint density at radius 1 is 0.707 bits per heavy atom.